The van der Waals surface area contributed by atoms with Gasteiger partial charge in [0, 0.05) is 6.07 Å². The molecule has 0 aliphatic heterocycles. The zero-order valence-corrected chi connectivity index (χ0v) is 17.3. The van der Waals surface area contributed by atoms with Gasteiger partial charge in [0.25, 0.3) is 0 Å². The Bertz CT molecular complexity index is 1290. The van der Waals surface area contributed by atoms with Crippen molar-refractivity contribution < 1.29 is 23.4 Å². The van der Waals surface area contributed by atoms with Crippen molar-refractivity contribution in [3.05, 3.63) is 77.2 Å². The van der Waals surface area contributed by atoms with Gasteiger partial charge < -0.3 is 18.6 Å². The van der Waals surface area contributed by atoms with Gasteiger partial charge in [0.15, 0.2) is 6.10 Å². The maximum absolute atomic E-state index is 12.9. The number of rotatable bonds is 7. The summed E-state index contributed by atoms with van der Waals surface area (Å²) < 4.78 is 22.1. The molecule has 0 spiro atoms. The zero-order valence-electron chi connectivity index (χ0n) is 17.3. The summed E-state index contributed by atoms with van der Waals surface area (Å²) in [6, 6.07) is 18.3. The van der Waals surface area contributed by atoms with Crippen LogP contribution in [0.1, 0.15) is 20.3 Å². The molecular weight excluding hydrogens is 396 g/mol. The summed E-state index contributed by atoms with van der Waals surface area (Å²) in [7, 11) is 0. The Labute approximate surface area is 179 Å². The van der Waals surface area contributed by atoms with Crippen molar-refractivity contribution in [3.63, 3.8) is 0 Å². The van der Waals surface area contributed by atoms with E-state index in [0.717, 1.165) is 17.2 Å². The molecule has 158 valence electrons. The van der Waals surface area contributed by atoms with Gasteiger partial charge in [-0.3, -0.25) is 4.79 Å². The van der Waals surface area contributed by atoms with Gasteiger partial charge >= 0.3 is 5.97 Å². The lowest BCUT2D eigenvalue weighted by Crippen LogP contribution is -2.26. The molecule has 0 saturated carbocycles. The second kappa shape index (κ2) is 8.92. The van der Waals surface area contributed by atoms with Crippen LogP contribution >= 0.6 is 0 Å². The maximum Gasteiger partial charge on any atom is 0.347 e. The molecular formula is C25H22O6. The Morgan fingerprint density at radius 3 is 2.58 bits per heavy atom. The highest BCUT2D eigenvalue weighted by Crippen LogP contribution is 2.27. The molecule has 6 nitrogen and oxygen atoms in total. The predicted octanol–water partition coefficient (Wildman–Crippen LogP) is 5.46. The van der Waals surface area contributed by atoms with Gasteiger partial charge in [-0.25, -0.2) is 4.79 Å². The van der Waals surface area contributed by atoms with Crippen LogP contribution in [-0.4, -0.2) is 18.7 Å². The summed E-state index contributed by atoms with van der Waals surface area (Å²) in [4.78, 5) is 24.7. The van der Waals surface area contributed by atoms with E-state index in [2.05, 4.69) is 0 Å². The van der Waals surface area contributed by atoms with Crippen molar-refractivity contribution in [2.75, 3.05) is 6.61 Å². The fraction of sp³-hybridized carbons (Fsp3) is 0.200. The van der Waals surface area contributed by atoms with Crippen molar-refractivity contribution in [3.8, 4) is 17.2 Å². The zero-order chi connectivity index (χ0) is 21.8. The normalized spacial score (nSPS) is 11.9. The fourth-order valence-electron chi connectivity index (χ4n) is 3.16. The number of carbonyl (C=O) groups excluding carboxylic acids is 1. The van der Waals surface area contributed by atoms with Crippen LogP contribution in [0, 0.1) is 0 Å². The van der Waals surface area contributed by atoms with E-state index >= 15 is 0 Å². The second-order valence-electron chi connectivity index (χ2n) is 7.13. The van der Waals surface area contributed by atoms with Gasteiger partial charge in [-0.1, -0.05) is 37.3 Å². The molecule has 4 aromatic rings. The van der Waals surface area contributed by atoms with Gasteiger partial charge in [-0.15, -0.1) is 0 Å². The topological polar surface area (TPSA) is 75.0 Å². The van der Waals surface area contributed by atoms with Crippen LogP contribution in [0.15, 0.2) is 76.1 Å². The number of hydrogen-bond acceptors (Lipinski definition) is 6. The van der Waals surface area contributed by atoms with E-state index in [9.17, 15) is 9.59 Å². The van der Waals surface area contributed by atoms with Gasteiger partial charge in [-0.2, -0.15) is 0 Å². The van der Waals surface area contributed by atoms with Gasteiger partial charge in [0.1, 0.15) is 23.3 Å². The molecule has 0 bridgehead atoms. The van der Waals surface area contributed by atoms with E-state index in [1.165, 1.54) is 6.26 Å². The minimum Gasteiger partial charge on any atom is -0.479 e. The Morgan fingerprint density at radius 2 is 1.77 bits per heavy atom. The molecule has 31 heavy (non-hydrogen) atoms. The van der Waals surface area contributed by atoms with Crippen LogP contribution in [0.25, 0.3) is 21.7 Å². The standard InChI is InChI=1S/C25H22O6/c1-3-12-28-25(27)16(2)30-20-10-11-21-22(14-20)29-15-23(24(21)26)31-19-9-8-17-6-4-5-7-18(17)13-19/h4-11,13-16H,3,12H2,1-2H3. The molecule has 0 saturated heterocycles. The maximum atomic E-state index is 12.9. The number of hydrogen-bond donors (Lipinski definition) is 0. The quantitative estimate of drug-likeness (QED) is 0.371. The molecule has 0 N–H and O–H groups in total. The van der Waals surface area contributed by atoms with Crippen molar-refractivity contribution in [1.29, 1.82) is 0 Å². The minimum absolute atomic E-state index is 0.0907. The van der Waals surface area contributed by atoms with Crippen LogP contribution in [0.2, 0.25) is 0 Å². The van der Waals surface area contributed by atoms with Crippen LogP contribution in [0.4, 0.5) is 0 Å². The SMILES string of the molecule is CCCOC(=O)C(C)Oc1ccc2c(=O)c(Oc3ccc4ccccc4c3)coc2c1. The van der Waals surface area contributed by atoms with E-state index in [1.54, 1.807) is 25.1 Å². The summed E-state index contributed by atoms with van der Waals surface area (Å²) in [5.74, 6) is 0.597. The molecule has 0 radical (unpaired) electrons. The number of fused-ring (bicyclic) bond motifs is 2. The third-order valence-electron chi connectivity index (χ3n) is 4.76. The molecule has 1 aromatic heterocycles. The van der Waals surface area contributed by atoms with E-state index < -0.39 is 12.1 Å². The average molecular weight is 418 g/mol. The lowest BCUT2D eigenvalue weighted by atomic mass is 10.1. The summed E-state index contributed by atoms with van der Waals surface area (Å²) >= 11 is 0. The first-order chi connectivity index (χ1) is 15.0. The monoisotopic (exact) mass is 418 g/mol. The molecule has 6 heteroatoms. The molecule has 4 rings (SSSR count). The second-order valence-corrected chi connectivity index (χ2v) is 7.13. The summed E-state index contributed by atoms with van der Waals surface area (Å²) in [6.45, 7) is 3.88. The predicted molar refractivity (Wildman–Crippen MR) is 118 cm³/mol. The number of carbonyl (C=O) groups is 1. The van der Waals surface area contributed by atoms with Crippen molar-refractivity contribution in [2.45, 2.75) is 26.4 Å². The minimum atomic E-state index is -0.772. The summed E-state index contributed by atoms with van der Waals surface area (Å²) in [6.07, 6.45) is 1.25. The third-order valence-corrected chi connectivity index (χ3v) is 4.76. The Kier molecular flexibility index (Phi) is 5.89. The molecule has 1 unspecified atom stereocenters. The third kappa shape index (κ3) is 4.53. The Morgan fingerprint density at radius 1 is 1.00 bits per heavy atom. The van der Waals surface area contributed by atoms with E-state index in [0.29, 0.717) is 29.1 Å². The van der Waals surface area contributed by atoms with Crippen LogP contribution in [-0.2, 0) is 9.53 Å². The Hall–Kier alpha value is -3.80. The number of esters is 1. The largest absolute Gasteiger partial charge is 0.479 e. The lowest BCUT2D eigenvalue weighted by Gasteiger charge is -2.14. The van der Waals surface area contributed by atoms with Crippen LogP contribution in [0.5, 0.6) is 17.2 Å². The van der Waals surface area contributed by atoms with Gasteiger partial charge in [0.05, 0.1) is 12.0 Å². The molecule has 3 aromatic carbocycles. The average Bonchev–Trinajstić information content (AvgIpc) is 2.79. The smallest absolute Gasteiger partial charge is 0.347 e. The van der Waals surface area contributed by atoms with Crippen molar-refractivity contribution in [2.24, 2.45) is 0 Å². The van der Waals surface area contributed by atoms with E-state index in [1.807, 2.05) is 49.4 Å². The lowest BCUT2D eigenvalue weighted by molar-refractivity contribution is -0.151. The fourth-order valence-corrected chi connectivity index (χ4v) is 3.16. The summed E-state index contributed by atoms with van der Waals surface area (Å²) in [5, 5.41) is 2.45. The molecule has 1 heterocycles. The highest BCUT2D eigenvalue weighted by molar-refractivity contribution is 5.84. The molecule has 0 aliphatic carbocycles. The highest BCUT2D eigenvalue weighted by Gasteiger charge is 2.17. The van der Waals surface area contributed by atoms with Gasteiger partial charge in [-0.05, 0) is 48.4 Å². The first kappa shape index (κ1) is 20.5. The van der Waals surface area contributed by atoms with Crippen molar-refractivity contribution in [1.82, 2.24) is 0 Å². The Balaban J connectivity index is 1.55. The van der Waals surface area contributed by atoms with Crippen molar-refractivity contribution >= 4 is 27.7 Å². The van der Waals surface area contributed by atoms with Crippen LogP contribution < -0.4 is 14.9 Å². The molecule has 0 amide bonds. The van der Waals surface area contributed by atoms with Crippen LogP contribution in [0.3, 0.4) is 0 Å². The van der Waals surface area contributed by atoms with E-state index in [4.69, 9.17) is 18.6 Å². The first-order valence-corrected chi connectivity index (χ1v) is 10.1. The number of ether oxygens (including phenoxy) is 3. The molecule has 0 fully saturated rings. The molecule has 0 aliphatic rings. The summed E-state index contributed by atoms with van der Waals surface area (Å²) in [5.41, 5.74) is 0.0406. The molecule has 1 atom stereocenters. The van der Waals surface area contributed by atoms with Gasteiger partial charge in [0.2, 0.25) is 11.2 Å². The number of benzene rings is 3. The first-order valence-electron chi connectivity index (χ1n) is 10.1. The highest BCUT2D eigenvalue weighted by atomic mass is 16.6. The van der Waals surface area contributed by atoms with E-state index in [-0.39, 0.29) is 11.2 Å².